The average molecular weight is 405 g/mol. The van der Waals surface area contributed by atoms with E-state index in [2.05, 4.69) is 26.1 Å². The van der Waals surface area contributed by atoms with E-state index in [4.69, 9.17) is 0 Å². The van der Waals surface area contributed by atoms with E-state index >= 15 is 0 Å². The van der Waals surface area contributed by atoms with Crippen LogP contribution in [0.25, 0.3) is 0 Å². The number of carbonyl (C=O) groups is 3. The Bertz CT molecular complexity index is 963. The van der Waals surface area contributed by atoms with Gasteiger partial charge in [-0.1, -0.05) is 63.2 Å². The molecule has 2 aliphatic heterocycles. The summed E-state index contributed by atoms with van der Waals surface area (Å²) in [6.07, 6.45) is 0.577. The second-order valence-corrected chi connectivity index (χ2v) is 9.03. The van der Waals surface area contributed by atoms with Crippen LogP contribution in [0.2, 0.25) is 0 Å². The molecule has 6 nitrogen and oxygen atoms in total. The first-order valence-electron chi connectivity index (χ1n) is 10.3. The number of fused-ring (bicyclic) bond motifs is 1. The van der Waals surface area contributed by atoms with Crippen LogP contribution in [0.4, 0.5) is 4.79 Å². The Labute approximate surface area is 176 Å². The van der Waals surface area contributed by atoms with Crippen LogP contribution >= 0.6 is 0 Å². The molecule has 0 aromatic heterocycles. The minimum Gasteiger partial charge on any atom is -0.332 e. The Morgan fingerprint density at radius 2 is 1.70 bits per heavy atom. The van der Waals surface area contributed by atoms with Gasteiger partial charge in [0, 0.05) is 12.1 Å². The van der Waals surface area contributed by atoms with Gasteiger partial charge in [-0.25, -0.2) is 4.79 Å². The SMILES string of the molecule is CC(C)(C)c1ccc(C(=O)N2CCC3NC(=O)N(Cc4ccccc4)C(=O)C32)cc1. The zero-order chi connectivity index (χ0) is 21.5. The van der Waals surface area contributed by atoms with Crippen molar-refractivity contribution in [3.05, 3.63) is 71.3 Å². The zero-order valence-electron chi connectivity index (χ0n) is 17.6. The number of carbonyl (C=O) groups excluding carboxylic acids is 3. The summed E-state index contributed by atoms with van der Waals surface area (Å²) in [6.45, 7) is 7.01. The minimum absolute atomic E-state index is 0.00186. The van der Waals surface area contributed by atoms with Crippen LogP contribution in [0.3, 0.4) is 0 Å². The van der Waals surface area contributed by atoms with Gasteiger partial charge in [0.2, 0.25) is 0 Å². The molecule has 2 atom stereocenters. The van der Waals surface area contributed by atoms with Gasteiger partial charge in [-0.3, -0.25) is 14.5 Å². The summed E-state index contributed by atoms with van der Waals surface area (Å²) in [6, 6.07) is 15.6. The lowest BCUT2D eigenvalue weighted by atomic mass is 9.86. The zero-order valence-corrected chi connectivity index (χ0v) is 17.6. The van der Waals surface area contributed by atoms with Crippen LogP contribution in [0.15, 0.2) is 54.6 Å². The monoisotopic (exact) mass is 405 g/mol. The first-order chi connectivity index (χ1) is 14.3. The first-order valence-corrected chi connectivity index (χ1v) is 10.3. The van der Waals surface area contributed by atoms with Crippen molar-refractivity contribution in [2.45, 2.75) is 51.2 Å². The number of imide groups is 1. The molecule has 0 bridgehead atoms. The minimum atomic E-state index is -0.666. The predicted octanol–water partition coefficient (Wildman–Crippen LogP) is 3.32. The van der Waals surface area contributed by atoms with Crippen molar-refractivity contribution in [3.8, 4) is 0 Å². The summed E-state index contributed by atoms with van der Waals surface area (Å²) in [5.74, 6) is -0.489. The molecule has 0 spiro atoms. The van der Waals surface area contributed by atoms with E-state index in [9.17, 15) is 14.4 Å². The Balaban J connectivity index is 1.55. The van der Waals surface area contributed by atoms with Crippen LogP contribution in [0, 0.1) is 0 Å². The number of nitrogens with zero attached hydrogens (tertiary/aromatic N) is 2. The van der Waals surface area contributed by atoms with E-state index in [1.807, 2.05) is 54.6 Å². The molecule has 2 aromatic rings. The number of amides is 4. The van der Waals surface area contributed by atoms with Gasteiger partial charge in [0.05, 0.1) is 12.6 Å². The van der Waals surface area contributed by atoms with Crippen LogP contribution in [-0.4, -0.2) is 46.3 Å². The van der Waals surface area contributed by atoms with Crippen LogP contribution in [-0.2, 0) is 16.8 Å². The lowest BCUT2D eigenvalue weighted by Crippen LogP contribution is -2.64. The molecule has 1 N–H and O–H groups in total. The smallest absolute Gasteiger partial charge is 0.324 e. The number of nitrogens with one attached hydrogen (secondary N) is 1. The van der Waals surface area contributed by atoms with Crippen molar-refractivity contribution in [2.75, 3.05) is 6.54 Å². The van der Waals surface area contributed by atoms with Crippen molar-refractivity contribution in [1.82, 2.24) is 15.1 Å². The summed E-state index contributed by atoms with van der Waals surface area (Å²) in [7, 11) is 0. The Morgan fingerprint density at radius 1 is 1.03 bits per heavy atom. The van der Waals surface area contributed by atoms with E-state index in [0.717, 1.165) is 11.1 Å². The van der Waals surface area contributed by atoms with Gasteiger partial charge in [-0.05, 0) is 35.1 Å². The van der Waals surface area contributed by atoms with Crippen LogP contribution in [0.1, 0.15) is 48.7 Å². The summed E-state index contributed by atoms with van der Waals surface area (Å²) in [4.78, 5) is 41.8. The van der Waals surface area contributed by atoms with E-state index in [1.54, 1.807) is 4.90 Å². The van der Waals surface area contributed by atoms with Gasteiger partial charge in [0.25, 0.3) is 11.8 Å². The Hall–Kier alpha value is -3.15. The summed E-state index contributed by atoms with van der Waals surface area (Å²) in [5, 5.41) is 2.92. The fourth-order valence-corrected chi connectivity index (χ4v) is 4.17. The van der Waals surface area contributed by atoms with E-state index in [0.29, 0.717) is 18.5 Å². The summed E-state index contributed by atoms with van der Waals surface area (Å²) >= 11 is 0. The molecular formula is C24H27N3O3. The highest BCUT2D eigenvalue weighted by Crippen LogP contribution is 2.28. The van der Waals surface area contributed by atoms with Crippen molar-refractivity contribution >= 4 is 17.8 Å². The number of hydrogen-bond donors (Lipinski definition) is 1. The van der Waals surface area contributed by atoms with Crippen molar-refractivity contribution in [3.63, 3.8) is 0 Å². The fraction of sp³-hybridized carbons (Fsp3) is 0.375. The largest absolute Gasteiger partial charge is 0.332 e. The molecule has 156 valence electrons. The molecule has 6 heteroatoms. The van der Waals surface area contributed by atoms with Gasteiger partial charge < -0.3 is 10.2 Å². The maximum Gasteiger partial charge on any atom is 0.324 e. The average Bonchev–Trinajstić information content (AvgIpc) is 3.14. The third kappa shape index (κ3) is 3.70. The number of hydrogen-bond acceptors (Lipinski definition) is 3. The molecule has 0 saturated carbocycles. The molecule has 0 radical (unpaired) electrons. The molecule has 2 saturated heterocycles. The van der Waals surface area contributed by atoms with Crippen molar-refractivity contribution in [1.29, 1.82) is 0 Å². The molecule has 4 rings (SSSR count). The Kier molecular flexibility index (Phi) is 5.10. The van der Waals surface area contributed by atoms with E-state index in [1.165, 1.54) is 4.90 Å². The second kappa shape index (κ2) is 7.59. The standard InChI is InChI=1S/C24H27N3O3/c1-24(2,3)18-11-9-17(10-12-18)21(28)26-14-13-19-20(26)22(29)27(23(30)25-19)15-16-7-5-4-6-8-16/h4-12,19-20H,13-15H2,1-3H3,(H,25,30). The van der Waals surface area contributed by atoms with Gasteiger partial charge in [0.15, 0.2) is 0 Å². The number of rotatable bonds is 3. The first kappa shape index (κ1) is 20.1. The molecular weight excluding hydrogens is 378 g/mol. The molecule has 30 heavy (non-hydrogen) atoms. The molecule has 2 fully saturated rings. The maximum absolute atomic E-state index is 13.2. The number of benzene rings is 2. The van der Waals surface area contributed by atoms with Gasteiger partial charge >= 0.3 is 6.03 Å². The van der Waals surface area contributed by atoms with E-state index < -0.39 is 12.1 Å². The maximum atomic E-state index is 13.2. The van der Waals surface area contributed by atoms with Crippen LogP contribution in [0.5, 0.6) is 0 Å². The lowest BCUT2D eigenvalue weighted by molar-refractivity contribution is -0.134. The van der Waals surface area contributed by atoms with Gasteiger partial charge in [-0.2, -0.15) is 0 Å². The normalized spacial score (nSPS) is 21.4. The van der Waals surface area contributed by atoms with Gasteiger partial charge in [-0.15, -0.1) is 0 Å². The highest BCUT2D eigenvalue weighted by atomic mass is 16.2. The highest BCUT2D eigenvalue weighted by molar-refractivity contribution is 6.04. The number of urea groups is 1. The second-order valence-electron chi connectivity index (χ2n) is 9.03. The molecule has 2 unspecified atom stereocenters. The lowest BCUT2D eigenvalue weighted by Gasteiger charge is -2.37. The fourth-order valence-electron chi connectivity index (χ4n) is 4.17. The molecule has 4 amide bonds. The summed E-state index contributed by atoms with van der Waals surface area (Å²) in [5.41, 5.74) is 2.58. The van der Waals surface area contributed by atoms with Crippen molar-refractivity contribution in [2.24, 2.45) is 0 Å². The molecule has 0 aliphatic carbocycles. The molecule has 2 aliphatic rings. The topological polar surface area (TPSA) is 69.7 Å². The third-order valence-electron chi connectivity index (χ3n) is 5.91. The Morgan fingerprint density at radius 3 is 2.33 bits per heavy atom. The van der Waals surface area contributed by atoms with Gasteiger partial charge in [0.1, 0.15) is 6.04 Å². The van der Waals surface area contributed by atoms with Crippen LogP contribution < -0.4 is 5.32 Å². The third-order valence-corrected chi connectivity index (χ3v) is 5.91. The molecule has 2 aromatic carbocycles. The quantitative estimate of drug-likeness (QED) is 0.852. The predicted molar refractivity (Wildman–Crippen MR) is 114 cm³/mol. The number of likely N-dealkylation sites (tertiary alicyclic amines) is 1. The van der Waals surface area contributed by atoms with Crippen molar-refractivity contribution < 1.29 is 14.4 Å². The van der Waals surface area contributed by atoms with E-state index in [-0.39, 0.29) is 29.8 Å². The molecule has 2 heterocycles. The summed E-state index contributed by atoms with van der Waals surface area (Å²) < 4.78 is 0. The highest BCUT2D eigenvalue weighted by Gasteiger charge is 2.49.